The van der Waals surface area contributed by atoms with E-state index in [-0.39, 0.29) is 17.7 Å². The first-order chi connectivity index (χ1) is 9.46. The second-order valence-electron chi connectivity index (χ2n) is 4.90. The molecule has 6 nitrogen and oxygen atoms in total. The summed E-state index contributed by atoms with van der Waals surface area (Å²) in [4.78, 5) is 12.0. The van der Waals surface area contributed by atoms with Gasteiger partial charge in [-0.25, -0.2) is 8.42 Å². The van der Waals surface area contributed by atoms with Crippen molar-refractivity contribution < 1.29 is 13.2 Å². The third-order valence-corrected chi connectivity index (χ3v) is 4.09. The Kier molecular flexibility index (Phi) is 4.49. The topological polar surface area (TPSA) is 87.3 Å². The molecule has 1 unspecified atom stereocenters. The highest BCUT2D eigenvalue weighted by atomic mass is 32.2. The average Bonchev–Trinajstić information content (AvgIpc) is 2.42. The van der Waals surface area contributed by atoms with Crippen LogP contribution in [-0.4, -0.2) is 45.5 Å². The van der Waals surface area contributed by atoms with Crippen molar-refractivity contribution in [2.75, 3.05) is 35.7 Å². The summed E-state index contributed by atoms with van der Waals surface area (Å²) in [6.07, 6.45) is 1.62. The molecule has 1 aliphatic heterocycles. The van der Waals surface area contributed by atoms with Crippen LogP contribution >= 0.6 is 0 Å². The van der Waals surface area contributed by atoms with Crippen LogP contribution < -0.4 is 16.0 Å². The molecule has 0 fully saturated rings. The molecule has 20 heavy (non-hydrogen) atoms. The molecule has 3 N–H and O–H groups in total. The van der Waals surface area contributed by atoms with Crippen LogP contribution in [0.3, 0.4) is 0 Å². The van der Waals surface area contributed by atoms with Gasteiger partial charge in [-0.2, -0.15) is 0 Å². The Morgan fingerprint density at radius 1 is 1.35 bits per heavy atom. The van der Waals surface area contributed by atoms with E-state index in [9.17, 15) is 13.2 Å². The van der Waals surface area contributed by atoms with Crippen molar-refractivity contribution in [1.29, 1.82) is 0 Å². The number of hydrogen-bond donors (Lipinski definition) is 3. The standard InChI is InChI=1S/C13H19N3O3S/c1-20(18,19)8-4-7-14-13(17)12-9-15-10-5-2-3-6-11(10)16-12/h2-3,5-6,12,15-16H,4,7-9H2,1H3,(H,14,17). The molecule has 0 saturated heterocycles. The quantitative estimate of drug-likeness (QED) is 0.687. The van der Waals surface area contributed by atoms with Gasteiger partial charge in [-0.15, -0.1) is 0 Å². The van der Waals surface area contributed by atoms with Gasteiger partial charge in [0, 0.05) is 19.3 Å². The van der Waals surface area contributed by atoms with Crippen molar-refractivity contribution in [3.63, 3.8) is 0 Å². The second-order valence-corrected chi connectivity index (χ2v) is 7.16. The van der Waals surface area contributed by atoms with Gasteiger partial charge in [0.05, 0.1) is 17.1 Å². The number of rotatable bonds is 5. The molecule has 0 bridgehead atoms. The van der Waals surface area contributed by atoms with E-state index >= 15 is 0 Å². The fraction of sp³-hybridized carbons (Fsp3) is 0.462. The number of para-hydroxylation sites is 2. The van der Waals surface area contributed by atoms with Crippen LogP contribution in [0.15, 0.2) is 24.3 Å². The number of amides is 1. The van der Waals surface area contributed by atoms with Gasteiger partial charge in [-0.3, -0.25) is 4.79 Å². The molecule has 0 aromatic heterocycles. The van der Waals surface area contributed by atoms with Crippen LogP contribution in [-0.2, 0) is 14.6 Å². The summed E-state index contributed by atoms with van der Waals surface area (Å²) in [5.41, 5.74) is 1.88. The van der Waals surface area contributed by atoms with E-state index in [1.54, 1.807) is 0 Å². The molecule has 0 saturated carbocycles. The summed E-state index contributed by atoms with van der Waals surface area (Å²) in [6, 6.07) is 7.34. The molecule has 110 valence electrons. The lowest BCUT2D eigenvalue weighted by molar-refractivity contribution is -0.121. The van der Waals surface area contributed by atoms with E-state index in [4.69, 9.17) is 0 Å². The lowest BCUT2D eigenvalue weighted by Crippen LogP contribution is -2.46. The molecule has 1 amide bonds. The predicted octanol–water partition coefficient (Wildman–Crippen LogP) is 0.444. The molecule has 1 aliphatic rings. The third kappa shape index (κ3) is 4.12. The van der Waals surface area contributed by atoms with Crippen molar-refractivity contribution >= 4 is 27.1 Å². The maximum atomic E-state index is 12.0. The normalized spacial score (nSPS) is 17.6. The summed E-state index contributed by atoms with van der Waals surface area (Å²) < 4.78 is 22.0. The minimum atomic E-state index is -2.97. The Morgan fingerprint density at radius 2 is 2.05 bits per heavy atom. The Labute approximate surface area is 118 Å². The zero-order valence-corrected chi connectivity index (χ0v) is 12.2. The van der Waals surface area contributed by atoms with Gasteiger partial charge < -0.3 is 16.0 Å². The molecule has 0 aliphatic carbocycles. The Balaban J connectivity index is 1.80. The van der Waals surface area contributed by atoms with Gasteiger partial charge in [0.15, 0.2) is 0 Å². The molecule has 1 aromatic carbocycles. The molecule has 0 spiro atoms. The van der Waals surface area contributed by atoms with Gasteiger partial charge in [-0.05, 0) is 18.6 Å². The minimum absolute atomic E-state index is 0.0897. The van der Waals surface area contributed by atoms with Crippen molar-refractivity contribution in [2.45, 2.75) is 12.5 Å². The monoisotopic (exact) mass is 297 g/mol. The Hall–Kier alpha value is -1.76. The highest BCUT2D eigenvalue weighted by Gasteiger charge is 2.22. The van der Waals surface area contributed by atoms with Crippen molar-refractivity contribution in [1.82, 2.24) is 5.32 Å². The number of carbonyl (C=O) groups is 1. The highest BCUT2D eigenvalue weighted by molar-refractivity contribution is 7.90. The summed E-state index contributed by atoms with van der Waals surface area (Å²) in [5, 5.41) is 9.10. The number of carbonyl (C=O) groups excluding carboxylic acids is 1. The van der Waals surface area contributed by atoms with Crippen molar-refractivity contribution in [3.8, 4) is 0 Å². The van der Waals surface area contributed by atoms with Gasteiger partial charge in [0.25, 0.3) is 0 Å². The zero-order valence-electron chi connectivity index (χ0n) is 11.3. The van der Waals surface area contributed by atoms with E-state index < -0.39 is 9.84 Å². The molecule has 7 heteroatoms. The number of nitrogens with one attached hydrogen (secondary N) is 3. The van der Waals surface area contributed by atoms with E-state index in [0.717, 1.165) is 11.4 Å². The fourth-order valence-electron chi connectivity index (χ4n) is 2.04. The van der Waals surface area contributed by atoms with Crippen LogP contribution in [0.1, 0.15) is 6.42 Å². The molecule has 2 rings (SSSR count). The van der Waals surface area contributed by atoms with E-state index in [2.05, 4.69) is 16.0 Å². The molecular formula is C13H19N3O3S. The first-order valence-electron chi connectivity index (χ1n) is 6.50. The molecule has 0 radical (unpaired) electrons. The number of fused-ring (bicyclic) bond motifs is 1. The van der Waals surface area contributed by atoms with E-state index in [1.807, 2.05) is 24.3 Å². The lowest BCUT2D eigenvalue weighted by atomic mass is 10.1. The molecule has 1 atom stereocenters. The van der Waals surface area contributed by atoms with Crippen LogP contribution in [0.25, 0.3) is 0 Å². The van der Waals surface area contributed by atoms with E-state index in [1.165, 1.54) is 6.26 Å². The highest BCUT2D eigenvalue weighted by Crippen LogP contribution is 2.24. The first-order valence-corrected chi connectivity index (χ1v) is 8.56. The van der Waals surface area contributed by atoms with Crippen LogP contribution in [0.4, 0.5) is 11.4 Å². The number of benzene rings is 1. The summed E-state index contributed by atoms with van der Waals surface area (Å²) in [5.74, 6) is -0.0348. The SMILES string of the molecule is CS(=O)(=O)CCCNC(=O)C1CNc2ccccc2N1. The van der Waals surface area contributed by atoms with E-state index in [0.29, 0.717) is 19.5 Å². The van der Waals surface area contributed by atoms with Gasteiger partial charge in [-0.1, -0.05) is 12.1 Å². The predicted molar refractivity (Wildman–Crippen MR) is 79.7 cm³/mol. The average molecular weight is 297 g/mol. The smallest absolute Gasteiger partial charge is 0.244 e. The fourth-order valence-corrected chi connectivity index (χ4v) is 2.71. The third-order valence-electron chi connectivity index (χ3n) is 3.06. The van der Waals surface area contributed by atoms with Crippen molar-refractivity contribution in [2.24, 2.45) is 0 Å². The Bertz CT molecular complexity index is 586. The maximum Gasteiger partial charge on any atom is 0.244 e. The summed E-state index contributed by atoms with van der Waals surface area (Å²) in [7, 11) is -2.97. The number of sulfone groups is 1. The summed E-state index contributed by atoms with van der Waals surface area (Å²) >= 11 is 0. The Morgan fingerprint density at radius 3 is 2.75 bits per heavy atom. The van der Waals surface area contributed by atoms with Crippen molar-refractivity contribution in [3.05, 3.63) is 24.3 Å². The number of anilines is 2. The maximum absolute atomic E-state index is 12.0. The summed E-state index contributed by atoms with van der Waals surface area (Å²) in [6.45, 7) is 0.876. The molecule has 1 heterocycles. The minimum Gasteiger partial charge on any atom is -0.381 e. The van der Waals surface area contributed by atoms with Gasteiger partial charge in [0.2, 0.25) is 5.91 Å². The van der Waals surface area contributed by atoms with Gasteiger partial charge in [0.1, 0.15) is 15.9 Å². The van der Waals surface area contributed by atoms with Crippen LogP contribution in [0, 0.1) is 0 Å². The lowest BCUT2D eigenvalue weighted by Gasteiger charge is -2.27. The van der Waals surface area contributed by atoms with Crippen LogP contribution in [0.2, 0.25) is 0 Å². The molecular weight excluding hydrogens is 278 g/mol. The first kappa shape index (κ1) is 14.6. The number of hydrogen-bond acceptors (Lipinski definition) is 5. The largest absolute Gasteiger partial charge is 0.381 e. The zero-order chi connectivity index (χ0) is 14.6. The second kappa shape index (κ2) is 6.13. The van der Waals surface area contributed by atoms with Gasteiger partial charge >= 0.3 is 0 Å². The van der Waals surface area contributed by atoms with Crippen LogP contribution in [0.5, 0.6) is 0 Å². The molecule has 1 aromatic rings.